The molecule has 1 saturated heterocycles. The number of carboxylic acids is 1. The lowest BCUT2D eigenvalue weighted by atomic mass is 9.89. The molecule has 198 valence electrons. The van der Waals surface area contributed by atoms with Crippen LogP contribution in [-0.4, -0.2) is 46.3 Å². The van der Waals surface area contributed by atoms with E-state index < -0.39 is 47.6 Å². The van der Waals surface area contributed by atoms with Crippen molar-refractivity contribution in [2.45, 2.75) is 56.1 Å². The van der Waals surface area contributed by atoms with Crippen molar-refractivity contribution in [2.24, 2.45) is 0 Å². The molecule has 1 heterocycles. The first-order valence-corrected chi connectivity index (χ1v) is 13.4. The fourth-order valence-corrected chi connectivity index (χ4v) is 6.16. The van der Waals surface area contributed by atoms with E-state index >= 15 is 0 Å². The van der Waals surface area contributed by atoms with Gasteiger partial charge in [-0.1, -0.05) is 39.7 Å². The van der Waals surface area contributed by atoms with Gasteiger partial charge in [0.05, 0.1) is 12.6 Å². The molecule has 1 aliphatic heterocycles. The first-order valence-electron chi connectivity index (χ1n) is 12.6. The van der Waals surface area contributed by atoms with E-state index in [0.29, 0.717) is 44.1 Å². The van der Waals surface area contributed by atoms with Crippen molar-refractivity contribution in [3.63, 3.8) is 0 Å². The number of amides is 3. The number of Topliss-reactive ketones (excluding diaryl/α,β-unsaturated/α-hetero) is 1. The molecule has 2 aromatic carbocycles. The summed E-state index contributed by atoms with van der Waals surface area (Å²) in [7, 11) is 0. The van der Waals surface area contributed by atoms with Crippen LogP contribution in [0, 0.1) is 5.82 Å². The van der Waals surface area contributed by atoms with E-state index in [1.807, 2.05) is 18.2 Å². The highest BCUT2D eigenvalue weighted by molar-refractivity contribution is 9.10. The molecule has 2 aromatic rings. The van der Waals surface area contributed by atoms with Gasteiger partial charge in [-0.2, -0.15) is 0 Å². The molecular weight excluding hydrogens is 557 g/mol. The number of hydrogen-bond donors (Lipinski definition) is 3. The Labute approximate surface area is 227 Å². The largest absolute Gasteiger partial charge is 0.478 e. The summed E-state index contributed by atoms with van der Waals surface area (Å²) in [4.78, 5) is 52.2. The number of ketones is 1. The summed E-state index contributed by atoms with van der Waals surface area (Å²) >= 11 is 3.44. The van der Waals surface area contributed by atoms with Gasteiger partial charge in [0.1, 0.15) is 11.4 Å². The molecular formula is C28H27BrFN3O5. The molecule has 10 heteroatoms. The molecule has 8 nitrogen and oxygen atoms in total. The number of carbonyl (C=O) groups excluding carboxylic acids is 3. The average Bonchev–Trinajstić information content (AvgIpc) is 3.35. The Morgan fingerprint density at radius 2 is 1.87 bits per heavy atom. The predicted molar refractivity (Wildman–Crippen MR) is 140 cm³/mol. The van der Waals surface area contributed by atoms with Crippen molar-refractivity contribution in [3.05, 3.63) is 81.1 Å². The third-order valence-corrected chi connectivity index (χ3v) is 8.16. The summed E-state index contributed by atoms with van der Waals surface area (Å²) < 4.78 is 14.5. The van der Waals surface area contributed by atoms with Crippen LogP contribution in [0.5, 0.6) is 0 Å². The molecule has 1 spiro atoms. The monoisotopic (exact) mass is 583 g/mol. The van der Waals surface area contributed by atoms with Gasteiger partial charge in [0.25, 0.3) is 5.91 Å². The highest BCUT2D eigenvalue weighted by Crippen LogP contribution is 2.42. The first kappa shape index (κ1) is 26.2. The Bertz CT molecular complexity index is 1330. The maximum atomic E-state index is 13.6. The molecule has 3 aliphatic rings. The van der Waals surface area contributed by atoms with E-state index in [1.54, 1.807) is 0 Å². The number of hydrogen-bond acceptors (Lipinski definition) is 5. The lowest BCUT2D eigenvalue weighted by Crippen LogP contribution is -2.45. The van der Waals surface area contributed by atoms with E-state index in [0.717, 1.165) is 26.1 Å². The number of imide groups is 1. The normalized spacial score (nSPS) is 23.4. The van der Waals surface area contributed by atoms with E-state index in [4.69, 9.17) is 5.11 Å². The fourth-order valence-electron chi connectivity index (χ4n) is 5.75. The number of urea groups is 1. The smallest absolute Gasteiger partial charge is 0.328 e. The number of rotatable bonds is 7. The second-order valence-corrected chi connectivity index (χ2v) is 11.0. The van der Waals surface area contributed by atoms with Crippen molar-refractivity contribution >= 4 is 39.6 Å². The number of allylic oxidation sites excluding steroid dienone is 1. The number of benzene rings is 2. The minimum atomic E-state index is -1.18. The average molecular weight is 584 g/mol. The molecule has 1 saturated carbocycles. The molecule has 2 unspecified atom stereocenters. The Kier molecular flexibility index (Phi) is 7.19. The number of nitrogens with one attached hydrogen (secondary N) is 2. The third-order valence-electron chi connectivity index (χ3n) is 7.67. The molecule has 0 radical (unpaired) electrons. The number of nitrogens with zero attached hydrogens (tertiary/aromatic N) is 1. The van der Waals surface area contributed by atoms with E-state index in [9.17, 15) is 23.6 Å². The van der Waals surface area contributed by atoms with Crippen LogP contribution in [0.2, 0.25) is 0 Å². The van der Waals surface area contributed by atoms with Crippen LogP contribution in [0.15, 0.2) is 58.6 Å². The zero-order chi connectivity index (χ0) is 27.0. The summed E-state index contributed by atoms with van der Waals surface area (Å²) in [5.74, 6) is -2.26. The highest BCUT2D eigenvalue weighted by Gasteiger charge is 2.55. The van der Waals surface area contributed by atoms with Gasteiger partial charge in [0, 0.05) is 16.6 Å². The lowest BCUT2D eigenvalue weighted by Gasteiger charge is -2.30. The quantitative estimate of drug-likeness (QED) is 0.333. The van der Waals surface area contributed by atoms with E-state index in [2.05, 4.69) is 26.6 Å². The third kappa shape index (κ3) is 5.02. The van der Waals surface area contributed by atoms with Gasteiger partial charge in [-0.3, -0.25) is 14.5 Å². The maximum Gasteiger partial charge on any atom is 0.328 e. The first-order chi connectivity index (χ1) is 18.2. The number of halogens is 2. The Morgan fingerprint density at radius 3 is 2.55 bits per heavy atom. The minimum Gasteiger partial charge on any atom is -0.478 e. The Morgan fingerprint density at radius 1 is 1.16 bits per heavy atom. The molecule has 3 amide bonds. The van der Waals surface area contributed by atoms with Crippen molar-refractivity contribution in [1.82, 2.24) is 15.5 Å². The molecule has 3 N–H and O–H groups in total. The number of carbonyl (C=O) groups is 4. The predicted octanol–water partition coefficient (Wildman–Crippen LogP) is 4.14. The van der Waals surface area contributed by atoms with Gasteiger partial charge in [-0.25, -0.2) is 14.0 Å². The van der Waals surface area contributed by atoms with Crippen LogP contribution in [0.25, 0.3) is 0 Å². The molecule has 38 heavy (non-hydrogen) atoms. The summed E-state index contributed by atoms with van der Waals surface area (Å²) in [6.45, 7) is -0.426. The van der Waals surface area contributed by atoms with Crippen LogP contribution >= 0.6 is 15.9 Å². The van der Waals surface area contributed by atoms with Crippen molar-refractivity contribution in [3.8, 4) is 0 Å². The van der Waals surface area contributed by atoms with Crippen molar-refractivity contribution in [1.29, 1.82) is 0 Å². The zero-order valence-electron chi connectivity index (χ0n) is 20.5. The van der Waals surface area contributed by atoms with Gasteiger partial charge in [-0.05, 0) is 79.5 Å². The molecule has 5 rings (SSSR count). The van der Waals surface area contributed by atoms with Gasteiger partial charge in [0.2, 0.25) is 0 Å². The SMILES string of the molecule is O=C(O)C=C1CCC(NC(C(=O)CN2C(=O)NC3(CCc4cc(Br)ccc43)C2=O)c2ccc(F)cc2)CC1. The van der Waals surface area contributed by atoms with Crippen LogP contribution in [-0.2, 0) is 26.3 Å². The summed E-state index contributed by atoms with van der Waals surface area (Å²) in [5, 5.41) is 15.2. The second kappa shape index (κ2) is 10.4. The van der Waals surface area contributed by atoms with Crippen LogP contribution in [0.3, 0.4) is 0 Å². The van der Waals surface area contributed by atoms with Crippen molar-refractivity contribution in [2.75, 3.05) is 6.54 Å². The van der Waals surface area contributed by atoms with Crippen LogP contribution in [0.1, 0.15) is 54.8 Å². The van der Waals surface area contributed by atoms with E-state index in [-0.39, 0.29) is 6.04 Å². The second-order valence-electron chi connectivity index (χ2n) is 10.1. The van der Waals surface area contributed by atoms with Gasteiger partial charge in [0.15, 0.2) is 5.78 Å². The van der Waals surface area contributed by atoms with Gasteiger partial charge >= 0.3 is 12.0 Å². The van der Waals surface area contributed by atoms with Crippen molar-refractivity contribution < 1.29 is 28.7 Å². The summed E-state index contributed by atoms with van der Waals surface area (Å²) in [6.07, 6.45) is 4.69. The number of fused-ring (bicyclic) bond motifs is 2. The summed E-state index contributed by atoms with van der Waals surface area (Å²) in [5.41, 5.74) is 1.91. The van der Waals surface area contributed by atoms with E-state index in [1.165, 1.54) is 30.3 Å². The summed E-state index contributed by atoms with van der Waals surface area (Å²) in [6, 6.07) is 9.59. The number of aliphatic carboxylic acids is 1. The number of carboxylic acid groups (broad SMARTS) is 1. The van der Waals surface area contributed by atoms with Gasteiger partial charge < -0.3 is 15.7 Å². The topological polar surface area (TPSA) is 116 Å². The lowest BCUT2D eigenvalue weighted by molar-refractivity contribution is -0.135. The zero-order valence-corrected chi connectivity index (χ0v) is 22.1. The highest BCUT2D eigenvalue weighted by atomic mass is 79.9. The van der Waals surface area contributed by atoms with Gasteiger partial charge in [-0.15, -0.1) is 0 Å². The van der Waals surface area contributed by atoms with Crippen LogP contribution < -0.4 is 10.6 Å². The number of aryl methyl sites for hydroxylation is 1. The molecule has 2 fully saturated rings. The molecule has 0 aromatic heterocycles. The molecule has 2 atom stereocenters. The fraction of sp³-hybridized carbons (Fsp3) is 0.357. The Balaban J connectivity index is 1.35. The minimum absolute atomic E-state index is 0.0884. The molecule has 2 aliphatic carbocycles. The molecule has 0 bridgehead atoms. The Hall–Kier alpha value is -3.37. The van der Waals surface area contributed by atoms with Crippen LogP contribution in [0.4, 0.5) is 9.18 Å². The maximum absolute atomic E-state index is 13.6. The standard InChI is InChI=1S/C28H27BrFN3O5/c29-19-5-10-22-18(14-19)11-12-28(22)26(37)33(27(38)32-28)15-23(34)25(17-3-6-20(30)7-4-17)31-21-8-1-16(2-9-21)13-24(35)36/h3-7,10,13-14,21,25,31H,1-2,8-9,11-12,15H2,(H,32,38)(H,35,36).